The largest absolute Gasteiger partial charge is 0.453 e. The zero-order chi connectivity index (χ0) is 25.0. The lowest BCUT2D eigenvalue weighted by Gasteiger charge is -2.13. The van der Waals surface area contributed by atoms with Crippen LogP contribution >= 0.6 is 11.6 Å². The van der Waals surface area contributed by atoms with Gasteiger partial charge in [0.05, 0.1) is 10.6 Å². The monoisotopic (exact) mass is 499 g/mol. The number of carbonyl (C=O) groups excluding carboxylic acids is 1. The van der Waals surface area contributed by atoms with Gasteiger partial charge >= 0.3 is 12.2 Å². The Morgan fingerprint density at radius 3 is 2.43 bits per heavy atom. The van der Waals surface area contributed by atoms with Gasteiger partial charge in [-0.25, -0.2) is 9.78 Å². The normalized spacial score (nSPS) is 11.1. The summed E-state index contributed by atoms with van der Waals surface area (Å²) in [6.45, 7) is 0. The van der Waals surface area contributed by atoms with E-state index in [1.165, 1.54) is 12.1 Å². The average molecular weight is 500 g/mol. The van der Waals surface area contributed by atoms with E-state index in [9.17, 15) is 18.0 Å². The summed E-state index contributed by atoms with van der Waals surface area (Å²) in [5.74, 6) is 0.816. The van der Waals surface area contributed by atoms with E-state index in [1.54, 1.807) is 48.9 Å². The van der Waals surface area contributed by atoms with Gasteiger partial charge in [-0.2, -0.15) is 13.2 Å². The van der Waals surface area contributed by atoms with Crippen molar-refractivity contribution in [2.75, 3.05) is 16.4 Å². The van der Waals surface area contributed by atoms with E-state index in [4.69, 9.17) is 22.1 Å². The number of rotatable bonds is 5. The van der Waals surface area contributed by atoms with Crippen molar-refractivity contribution in [3.8, 4) is 22.6 Å². The second kappa shape index (κ2) is 9.90. The van der Waals surface area contributed by atoms with Gasteiger partial charge in [-0.15, -0.1) is 0 Å². The molecule has 0 aliphatic rings. The third kappa shape index (κ3) is 5.98. The van der Waals surface area contributed by atoms with Crippen LogP contribution in [-0.4, -0.2) is 16.0 Å². The number of nitrogens with one attached hydrogen (secondary N) is 2. The fraction of sp³-hybridized carbons (Fsp3) is 0.0417. The van der Waals surface area contributed by atoms with Gasteiger partial charge in [0.15, 0.2) is 11.6 Å². The Balaban J connectivity index is 1.47. The molecule has 4 N–H and O–H groups in total. The number of aromatic nitrogens is 2. The first-order chi connectivity index (χ1) is 16.7. The maximum Gasteiger partial charge on any atom is 0.417 e. The molecule has 0 aliphatic heterocycles. The number of urea groups is 1. The minimum atomic E-state index is -4.65. The van der Waals surface area contributed by atoms with Crippen molar-refractivity contribution < 1.29 is 22.7 Å². The fourth-order valence-electron chi connectivity index (χ4n) is 3.11. The van der Waals surface area contributed by atoms with Crippen LogP contribution in [0.25, 0.3) is 11.1 Å². The van der Waals surface area contributed by atoms with Crippen molar-refractivity contribution in [3.63, 3.8) is 0 Å². The third-order valence-corrected chi connectivity index (χ3v) is 5.06. The molecular weight excluding hydrogens is 483 g/mol. The summed E-state index contributed by atoms with van der Waals surface area (Å²) < 4.78 is 45.0. The lowest BCUT2D eigenvalue weighted by molar-refractivity contribution is -0.137. The van der Waals surface area contributed by atoms with Crippen LogP contribution in [-0.2, 0) is 6.18 Å². The van der Waals surface area contributed by atoms with Gasteiger partial charge in [0.2, 0.25) is 0 Å². The van der Waals surface area contributed by atoms with Crippen LogP contribution in [0, 0.1) is 0 Å². The number of carbonyl (C=O) groups is 1. The van der Waals surface area contributed by atoms with Crippen molar-refractivity contribution in [1.29, 1.82) is 0 Å². The van der Waals surface area contributed by atoms with Gasteiger partial charge in [-0.3, -0.25) is 4.98 Å². The number of alkyl halides is 3. The molecule has 4 aromatic rings. The highest BCUT2D eigenvalue weighted by molar-refractivity contribution is 6.31. The summed E-state index contributed by atoms with van der Waals surface area (Å²) in [7, 11) is 0. The van der Waals surface area contributed by atoms with Gasteiger partial charge < -0.3 is 21.1 Å². The number of hydrogen-bond acceptors (Lipinski definition) is 5. The molecule has 2 heterocycles. The number of anilines is 3. The standard InChI is InChI=1S/C24H17ClF3N5O2/c25-20-7-6-17(11-19(20)24(26,27)28)33-23(34)32-16-4-1-5-18(10-16)35-21-9-15(13-31-22(21)29)14-3-2-8-30-12-14/h1-13H,(H2,29,31)(H2,32,33,34). The van der Waals surface area contributed by atoms with Crippen LogP contribution in [0.3, 0.4) is 0 Å². The van der Waals surface area contributed by atoms with Crippen molar-refractivity contribution in [2.24, 2.45) is 0 Å². The van der Waals surface area contributed by atoms with E-state index in [-0.39, 0.29) is 11.5 Å². The van der Waals surface area contributed by atoms with Crippen molar-refractivity contribution in [2.45, 2.75) is 6.18 Å². The number of nitrogen functional groups attached to an aromatic ring is 1. The number of halogens is 4. The maximum atomic E-state index is 13.0. The van der Waals surface area contributed by atoms with Gasteiger partial charge in [-0.1, -0.05) is 23.7 Å². The molecule has 2 aromatic carbocycles. The molecule has 0 unspecified atom stereocenters. The molecule has 0 saturated carbocycles. The minimum Gasteiger partial charge on any atom is -0.453 e. The first kappa shape index (κ1) is 23.8. The van der Waals surface area contributed by atoms with Gasteiger partial charge in [0.25, 0.3) is 0 Å². The maximum absolute atomic E-state index is 13.0. The Morgan fingerprint density at radius 2 is 1.71 bits per heavy atom. The van der Waals surface area contributed by atoms with E-state index < -0.39 is 22.8 Å². The number of pyridine rings is 2. The molecule has 11 heteroatoms. The Labute approximate surface area is 202 Å². The van der Waals surface area contributed by atoms with Gasteiger partial charge in [0, 0.05) is 47.2 Å². The van der Waals surface area contributed by atoms with Crippen LogP contribution in [0.1, 0.15) is 5.56 Å². The molecule has 35 heavy (non-hydrogen) atoms. The molecule has 178 valence electrons. The molecule has 0 saturated heterocycles. The molecule has 7 nitrogen and oxygen atoms in total. The Hall–Kier alpha value is -4.31. The van der Waals surface area contributed by atoms with Crippen LogP contribution in [0.2, 0.25) is 5.02 Å². The highest BCUT2D eigenvalue weighted by Crippen LogP contribution is 2.36. The van der Waals surface area contributed by atoms with Crippen molar-refractivity contribution in [3.05, 3.63) is 89.8 Å². The molecule has 0 spiro atoms. The van der Waals surface area contributed by atoms with Gasteiger partial charge in [-0.05, 0) is 42.5 Å². The predicted molar refractivity (Wildman–Crippen MR) is 127 cm³/mol. The molecular formula is C24H17ClF3N5O2. The van der Waals surface area contributed by atoms with E-state index in [1.807, 2.05) is 6.07 Å². The molecule has 0 radical (unpaired) electrons. The number of amides is 2. The average Bonchev–Trinajstić information content (AvgIpc) is 2.82. The molecule has 4 rings (SSSR count). The van der Waals surface area contributed by atoms with E-state index >= 15 is 0 Å². The SMILES string of the molecule is Nc1ncc(-c2cccnc2)cc1Oc1cccc(NC(=O)Nc2ccc(Cl)c(C(F)(F)F)c2)c1. The quantitative estimate of drug-likeness (QED) is 0.279. The lowest BCUT2D eigenvalue weighted by Crippen LogP contribution is -2.20. The van der Waals surface area contributed by atoms with Crippen LogP contribution in [0.4, 0.5) is 35.2 Å². The predicted octanol–water partition coefficient (Wildman–Crippen LogP) is 6.83. The summed E-state index contributed by atoms with van der Waals surface area (Å²) in [5.41, 5.74) is 6.74. The highest BCUT2D eigenvalue weighted by atomic mass is 35.5. The summed E-state index contributed by atoms with van der Waals surface area (Å²) >= 11 is 5.61. The number of nitrogens with zero attached hydrogens (tertiary/aromatic N) is 2. The Morgan fingerprint density at radius 1 is 0.943 bits per heavy atom. The molecule has 0 aliphatic carbocycles. The van der Waals surface area contributed by atoms with E-state index in [0.717, 1.165) is 23.3 Å². The van der Waals surface area contributed by atoms with E-state index in [2.05, 4.69) is 20.6 Å². The number of benzene rings is 2. The van der Waals surface area contributed by atoms with Crippen LogP contribution in [0.15, 0.2) is 79.3 Å². The summed E-state index contributed by atoms with van der Waals surface area (Å²) in [4.78, 5) is 20.6. The summed E-state index contributed by atoms with van der Waals surface area (Å²) in [6.07, 6.45) is 0.283. The smallest absolute Gasteiger partial charge is 0.417 e. The molecule has 0 bridgehead atoms. The van der Waals surface area contributed by atoms with Crippen molar-refractivity contribution in [1.82, 2.24) is 9.97 Å². The Kier molecular flexibility index (Phi) is 6.74. The molecule has 2 aromatic heterocycles. The van der Waals surface area contributed by atoms with Crippen LogP contribution in [0.5, 0.6) is 11.5 Å². The number of ether oxygens (including phenoxy) is 1. The minimum absolute atomic E-state index is 0.0716. The third-order valence-electron chi connectivity index (χ3n) is 4.73. The van der Waals surface area contributed by atoms with Crippen LogP contribution < -0.4 is 21.1 Å². The summed E-state index contributed by atoms with van der Waals surface area (Å²) in [5, 5.41) is 4.43. The topological polar surface area (TPSA) is 102 Å². The summed E-state index contributed by atoms with van der Waals surface area (Å²) in [6, 6.07) is 14.1. The number of nitrogens with two attached hydrogens (primary N) is 1. The van der Waals surface area contributed by atoms with Gasteiger partial charge in [0.1, 0.15) is 5.75 Å². The highest BCUT2D eigenvalue weighted by Gasteiger charge is 2.33. The first-order valence-electron chi connectivity index (χ1n) is 10.1. The zero-order valence-corrected chi connectivity index (χ0v) is 18.6. The second-order valence-electron chi connectivity index (χ2n) is 7.25. The van der Waals surface area contributed by atoms with E-state index in [0.29, 0.717) is 17.2 Å². The zero-order valence-electron chi connectivity index (χ0n) is 17.8. The Bertz CT molecular complexity index is 1370. The van der Waals surface area contributed by atoms with Crippen molar-refractivity contribution >= 4 is 34.8 Å². The number of hydrogen-bond donors (Lipinski definition) is 3. The second-order valence-corrected chi connectivity index (χ2v) is 7.66. The fourth-order valence-corrected chi connectivity index (χ4v) is 3.33. The first-order valence-corrected chi connectivity index (χ1v) is 10.5. The molecule has 2 amide bonds. The lowest BCUT2D eigenvalue weighted by atomic mass is 10.1. The molecule has 0 fully saturated rings. The molecule has 0 atom stereocenters.